The molecule has 1 rings (SSSR count). The third-order valence-corrected chi connectivity index (χ3v) is 1.92. The zero-order valence-corrected chi connectivity index (χ0v) is 7.82. The molecule has 0 aliphatic carbocycles. The molecule has 0 atom stereocenters. The van der Waals surface area contributed by atoms with Gasteiger partial charge in [-0.3, -0.25) is 4.79 Å². The van der Waals surface area contributed by atoms with Gasteiger partial charge < -0.3 is 15.3 Å². The summed E-state index contributed by atoms with van der Waals surface area (Å²) in [5, 5.41) is 27.3. The van der Waals surface area contributed by atoms with Crippen LogP contribution in [0.4, 0.5) is 0 Å². The van der Waals surface area contributed by atoms with E-state index in [0.717, 1.165) is 6.07 Å². The Labute approximate surface area is 81.4 Å². The summed E-state index contributed by atoms with van der Waals surface area (Å²) in [7, 11) is 0. The molecule has 14 heavy (non-hydrogen) atoms. The first-order valence-corrected chi connectivity index (χ1v) is 4.23. The number of hydrogen-bond acceptors (Lipinski definition) is 4. The lowest BCUT2D eigenvalue weighted by Gasteiger charge is -2.08. The van der Waals surface area contributed by atoms with Gasteiger partial charge in [0.1, 0.15) is 11.5 Å². The van der Waals surface area contributed by atoms with Crippen LogP contribution in [0.3, 0.4) is 0 Å². The molecule has 1 aromatic carbocycles. The standard InChI is InChI=1S/C10H12O4/c1-6(12)10-7(2-3-11)4-8(13)5-9(10)14/h4-5,11,13-14H,2-3H2,1H3. The molecule has 1 aromatic rings. The van der Waals surface area contributed by atoms with Gasteiger partial charge in [0, 0.05) is 12.7 Å². The SMILES string of the molecule is CC(=O)c1c(O)cc(O)cc1CCO. The maximum atomic E-state index is 11.1. The van der Waals surface area contributed by atoms with Crippen LogP contribution in [0.5, 0.6) is 11.5 Å². The Bertz CT molecular complexity index is 357. The fraction of sp³-hybridized carbons (Fsp3) is 0.300. The van der Waals surface area contributed by atoms with E-state index in [0.29, 0.717) is 5.56 Å². The molecule has 0 saturated carbocycles. The van der Waals surface area contributed by atoms with Gasteiger partial charge in [-0.2, -0.15) is 0 Å². The van der Waals surface area contributed by atoms with Gasteiger partial charge >= 0.3 is 0 Å². The van der Waals surface area contributed by atoms with Crippen LogP contribution >= 0.6 is 0 Å². The lowest BCUT2D eigenvalue weighted by atomic mass is 10.0. The number of aliphatic hydroxyl groups is 1. The van der Waals surface area contributed by atoms with E-state index in [-0.39, 0.29) is 35.9 Å². The van der Waals surface area contributed by atoms with E-state index >= 15 is 0 Å². The van der Waals surface area contributed by atoms with Crippen molar-refractivity contribution in [3.8, 4) is 11.5 Å². The molecule has 3 N–H and O–H groups in total. The first-order chi connectivity index (χ1) is 6.56. The van der Waals surface area contributed by atoms with E-state index in [9.17, 15) is 15.0 Å². The van der Waals surface area contributed by atoms with E-state index in [4.69, 9.17) is 5.11 Å². The first-order valence-electron chi connectivity index (χ1n) is 4.23. The molecule has 0 saturated heterocycles. The predicted octanol–water partition coefficient (Wildman–Crippen LogP) is 0.835. The van der Waals surface area contributed by atoms with Crippen LogP contribution in [0, 0.1) is 0 Å². The topological polar surface area (TPSA) is 77.8 Å². The predicted molar refractivity (Wildman–Crippen MR) is 50.6 cm³/mol. The van der Waals surface area contributed by atoms with E-state index in [1.165, 1.54) is 13.0 Å². The number of benzene rings is 1. The molecule has 0 radical (unpaired) electrons. The first kappa shape index (κ1) is 10.5. The lowest BCUT2D eigenvalue weighted by molar-refractivity contribution is 0.101. The highest BCUT2D eigenvalue weighted by Crippen LogP contribution is 2.27. The number of ketones is 1. The summed E-state index contributed by atoms with van der Waals surface area (Å²) >= 11 is 0. The third-order valence-electron chi connectivity index (χ3n) is 1.92. The maximum absolute atomic E-state index is 11.1. The highest BCUT2D eigenvalue weighted by Gasteiger charge is 2.13. The van der Waals surface area contributed by atoms with Crippen LogP contribution < -0.4 is 0 Å². The van der Waals surface area contributed by atoms with Crippen molar-refractivity contribution < 1.29 is 20.1 Å². The fourth-order valence-electron chi connectivity index (χ4n) is 1.39. The molecule has 0 fully saturated rings. The molecule has 0 aromatic heterocycles. The van der Waals surface area contributed by atoms with E-state index in [1.54, 1.807) is 0 Å². The summed E-state index contributed by atoms with van der Waals surface area (Å²) in [6, 6.07) is 2.48. The number of phenols is 2. The molecule has 0 aliphatic rings. The van der Waals surface area contributed by atoms with Crippen molar-refractivity contribution in [3.05, 3.63) is 23.3 Å². The van der Waals surface area contributed by atoms with Gasteiger partial charge in [-0.1, -0.05) is 0 Å². The molecule has 4 nitrogen and oxygen atoms in total. The molecule has 0 bridgehead atoms. The number of Topliss-reactive ketones (excluding diaryl/α,β-unsaturated/α-hetero) is 1. The average Bonchev–Trinajstić information content (AvgIpc) is 2.01. The number of rotatable bonds is 3. The Kier molecular flexibility index (Phi) is 3.09. The van der Waals surface area contributed by atoms with Crippen LogP contribution in [0.25, 0.3) is 0 Å². The number of carbonyl (C=O) groups excluding carboxylic acids is 1. The Hall–Kier alpha value is -1.55. The second kappa shape index (κ2) is 4.11. The smallest absolute Gasteiger partial charge is 0.163 e. The fourth-order valence-corrected chi connectivity index (χ4v) is 1.39. The van der Waals surface area contributed by atoms with Gasteiger partial charge in [0.2, 0.25) is 0 Å². The molecule has 76 valence electrons. The molecule has 0 unspecified atom stereocenters. The molecule has 4 heteroatoms. The Morgan fingerprint density at radius 1 is 1.36 bits per heavy atom. The summed E-state index contributed by atoms with van der Waals surface area (Å²) < 4.78 is 0. The van der Waals surface area contributed by atoms with Gasteiger partial charge in [0.05, 0.1) is 5.56 Å². The molecule has 0 heterocycles. The third kappa shape index (κ3) is 2.03. The highest BCUT2D eigenvalue weighted by molar-refractivity contribution is 5.98. The zero-order chi connectivity index (χ0) is 10.7. The van der Waals surface area contributed by atoms with Crippen LogP contribution in [0.15, 0.2) is 12.1 Å². The quantitative estimate of drug-likeness (QED) is 0.626. The van der Waals surface area contributed by atoms with Gasteiger partial charge in [0.25, 0.3) is 0 Å². The average molecular weight is 196 g/mol. The summed E-state index contributed by atoms with van der Waals surface area (Å²) in [5.74, 6) is -0.650. The monoisotopic (exact) mass is 196 g/mol. The number of aliphatic hydroxyl groups excluding tert-OH is 1. The van der Waals surface area contributed by atoms with Gasteiger partial charge in [-0.05, 0) is 25.0 Å². The van der Waals surface area contributed by atoms with Gasteiger partial charge in [-0.15, -0.1) is 0 Å². The molecule has 0 amide bonds. The lowest BCUT2D eigenvalue weighted by Crippen LogP contribution is -2.02. The van der Waals surface area contributed by atoms with E-state index < -0.39 is 0 Å². The van der Waals surface area contributed by atoms with Crippen LogP contribution in [-0.4, -0.2) is 27.7 Å². The zero-order valence-electron chi connectivity index (χ0n) is 7.82. The van der Waals surface area contributed by atoms with Crippen molar-refractivity contribution in [2.45, 2.75) is 13.3 Å². The van der Waals surface area contributed by atoms with Crippen LogP contribution in [-0.2, 0) is 6.42 Å². The maximum Gasteiger partial charge on any atom is 0.163 e. The Morgan fingerprint density at radius 2 is 2.00 bits per heavy atom. The van der Waals surface area contributed by atoms with Crippen molar-refractivity contribution in [2.75, 3.05) is 6.61 Å². The van der Waals surface area contributed by atoms with Gasteiger partial charge in [-0.25, -0.2) is 0 Å². The van der Waals surface area contributed by atoms with Crippen LogP contribution in [0.1, 0.15) is 22.8 Å². The summed E-state index contributed by atoms with van der Waals surface area (Å²) in [4.78, 5) is 11.1. The number of phenolic OH excluding ortho intramolecular Hbond substituents is 2. The summed E-state index contributed by atoms with van der Waals surface area (Å²) in [6.07, 6.45) is 0.233. The molecular formula is C10H12O4. The number of carbonyl (C=O) groups is 1. The number of hydrogen-bond donors (Lipinski definition) is 3. The van der Waals surface area contributed by atoms with Crippen molar-refractivity contribution >= 4 is 5.78 Å². The second-order valence-electron chi connectivity index (χ2n) is 3.03. The van der Waals surface area contributed by atoms with E-state index in [1.807, 2.05) is 0 Å². The largest absolute Gasteiger partial charge is 0.508 e. The minimum absolute atomic E-state index is 0.115. The molecule has 0 aliphatic heterocycles. The second-order valence-corrected chi connectivity index (χ2v) is 3.03. The van der Waals surface area contributed by atoms with Crippen LogP contribution in [0.2, 0.25) is 0 Å². The van der Waals surface area contributed by atoms with E-state index in [2.05, 4.69) is 0 Å². The van der Waals surface area contributed by atoms with Crippen molar-refractivity contribution in [3.63, 3.8) is 0 Å². The van der Waals surface area contributed by atoms with Crippen molar-refractivity contribution in [1.82, 2.24) is 0 Å². The Balaban J connectivity index is 3.28. The summed E-state index contributed by atoms with van der Waals surface area (Å²) in [5.41, 5.74) is 0.620. The van der Waals surface area contributed by atoms with Crippen molar-refractivity contribution in [2.24, 2.45) is 0 Å². The number of aromatic hydroxyl groups is 2. The minimum Gasteiger partial charge on any atom is -0.508 e. The van der Waals surface area contributed by atoms with Crippen molar-refractivity contribution in [1.29, 1.82) is 0 Å². The molecule has 0 spiro atoms. The Morgan fingerprint density at radius 3 is 2.50 bits per heavy atom. The minimum atomic E-state index is -0.286. The molecular weight excluding hydrogens is 184 g/mol. The normalized spacial score (nSPS) is 10.1. The highest BCUT2D eigenvalue weighted by atomic mass is 16.3. The van der Waals surface area contributed by atoms with Gasteiger partial charge in [0.15, 0.2) is 5.78 Å². The summed E-state index contributed by atoms with van der Waals surface area (Å²) in [6.45, 7) is 1.19.